The lowest BCUT2D eigenvalue weighted by Crippen LogP contribution is -1.89. The highest BCUT2D eigenvalue weighted by atomic mass is 14.8. The molecule has 0 heterocycles. The number of rotatable bonds is 10. The summed E-state index contributed by atoms with van der Waals surface area (Å²) in [6.45, 7) is 8.87. The minimum absolute atomic E-state index is 0.964. The highest BCUT2D eigenvalue weighted by Gasteiger charge is 2.01. The molecule has 0 N–H and O–H groups in total. The van der Waals surface area contributed by atoms with Crippen LogP contribution in [0.3, 0.4) is 0 Å². The van der Waals surface area contributed by atoms with E-state index in [0.717, 1.165) is 62.7 Å². The summed E-state index contributed by atoms with van der Waals surface area (Å²) in [5, 5.41) is 0. The summed E-state index contributed by atoms with van der Waals surface area (Å²) in [7, 11) is 0. The Hall–Kier alpha value is -2.18. The first kappa shape index (κ1) is 21.1. The van der Waals surface area contributed by atoms with Crippen molar-refractivity contribution in [2.75, 3.05) is 0 Å². The molecule has 27 heavy (non-hydrogen) atoms. The van der Waals surface area contributed by atoms with E-state index in [1.54, 1.807) is 0 Å². The molecule has 0 aliphatic heterocycles. The van der Waals surface area contributed by atoms with Gasteiger partial charge in [-0.2, -0.15) is 9.98 Å². The molecule has 0 amide bonds. The number of hydrogen-bond donors (Lipinski definition) is 0. The molecule has 144 valence electrons. The van der Waals surface area contributed by atoms with Crippen molar-refractivity contribution >= 4 is 17.4 Å². The van der Waals surface area contributed by atoms with Gasteiger partial charge in [-0.3, -0.25) is 0 Å². The third-order valence-electron chi connectivity index (χ3n) is 4.59. The second-order valence-corrected chi connectivity index (χ2v) is 7.34. The maximum absolute atomic E-state index is 4.52. The minimum atomic E-state index is 0.964. The van der Waals surface area contributed by atoms with E-state index in [0.29, 0.717) is 0 Å². The van der Waals surface area contributed by atoms with Gasteiger partial charge in [0.2, 0.25) is 0 Å². The van der Waals surface area contributed by atoms with Gasteiger partial charge in [-0.05, 0) is 72.2 Å². The van der Waals surface area contributed by atoms with Gasteiger partial charge >= 0.3 is 0 Å². The van der Waals surface area contributed by atoms with Crippen molar-refractivity contribution < 1.29 is 0 Å². The Labute approximate surface area is 165 Å². The van der Waals surface area contributed by atoms with Crippen molar-refractivity contribution in [1.82, 2.24) is 0 Å². The topological polar surface area (TPSA) is 24.7 Å². The van der Waals surface area contributed by atoms with E-state index >= 15 is 0 Å². The van der Waals surface area contributed by atoms with E-state index in [9.17, 15) is 0 Å². The molecule has 0 saturated heterocycles. The second kappa shape index (κ2) is 11.5. The van der Waals surface area contributed by atoms with Gasteiger partial charge in [0.15, 0.2) is 0 Å². The molecule has 0 aliphatic carbocycles. The first-order valence-electron chi connectivity index (χ1n) is 10.6. The molecule has 2 heteroatoms. The normalized spacial score (nSPS) is 10.5. The molecule has 0 aromatic heterocycles. The van der Waals surface area contributed by atoms with E-state index < -0.39 is 0 Å². The smallest absolute Gasteiger partial charge is 0.100 e. The number of aryl methyl sites for hydroxylation is 4. The molecular weight excluding hydrogens is 328 g/mol. The Morgan fingerprint density at radius 2 is 0.815 bits per heavy atom. The van der Waals surface area contributed by atoms with Crippen molar-refractivity contribution in [1.29, 1.82) is 0 Å². The van der Waals surface area contributed by atoms with E-state index in [-0.39, 0.29) is 0 Å². The van der Waals surface area contributed by atoms with Crippen LogP contribution in [0.15, 0.2) is 46.4 Å². The SMILES string of the molecule is CCCc1cc(CCC)cc(N=C=Nc2cc(CCC)cc(CCC)c2)c1. The Morgan fingerprint density at radius 3 is 1.07 bits per heavy atom. The third kappa shape index (κ3) is 7.15. The van der Waals surface area contributed by atoms with Crippen LogP contribution >= 0.6 is 0 Å². The molecule has 2 aromatic rings. The third-order valence-corrected chi connectivity index (χ3v) is 4.59. The fourth-order valence-electron chi connectivity index (χ4n) is 3.49. The van der Waals surface area contributed by atoms with Gasteiger partial charge in [0.1, 0.15) is 6.01 Å². The van der Waals surface area contributed by atoms with Gasteiger partial charge in [0, 0.05) is 0 Å². The lowest BCUT2D eigenvalue weighted by atomic mass is 10.0. The summed E-state index contributed by atoms with van der Waals surface area (Å²) in [5.74, 6) is 0. The average molecular weight is 363 g/mol. The molecule has 0 bridgehead atoms. The van der Waals surface area contributed by atoms with Crippen LogP contribution in [-0.4, -0.2) is 6.01 Å². The zero-order valence-corrected chi connectivity index (χ0v) is 17.5. The number of hydrogen-bond acceptors (Lipinski definition) is 2. The van der Waals surface area contributed by atoms with Gasteiger partial charge in [-0.1, -0.05) is 65.5 Å². The van der Waals surface area contributed by atoms with Crippen molar-refractivity contribution in [3.8, 4) is 0 Å². The Balaban J connectivity index is 2.29. The van der Waals surface area contributed by atoms with Crippen molar-refractivity contribution in [3.05, 3.63) is 58.7 Å². The van der Waals surface area contributed by atoms with E-state index in [2.05, 4.69) is 80.1 Å². The predicted octanol–water partition coefficient (Wildman–Crippen LogP) is 7.63. The van der Waals surface area contributed by atoms with Gasteiger partial charge in [0.25, 0.3) is 0 Å². The van der Waals surface area contributed by atoms with Crippen molar-refractivity contribution in [2.24, 2.45) is 9.98 Å². The summed E-state index contributed by atoms with van der Waals surface area (Å²) < 4.78 is 0. The first-order chi connectivity index (χ1) is 13.2. The van der Waals surface area contributed by atoms with Gasteiger partial charge in [-0.25, -0.2) is 0 Å². The number of benzene rings is 2. The van der Waals surface area contributed by atoms with E-state index in [1.165, 1.54) is 22.3 Å². The Bertz CT molecular complexity index is 671. The molecule has 2 aromatic carbocycles. The highest BCUT2D eigenvalue weighted by molar-refractivity contribution is 5.59. The number of nitrogens with zero attached hydrogens (tertiary/aromatic N) is 2. The largest absolute Gasteiger partial charge is 0.188 e. The van der Waals surface area contributed by atoms with Crippen LogP contribution in [-0.2, 0) is 25.7 Å². The molecular formula is C25H34N2. The molecule has 0 spiro atoms. The molecule has 0 atom stereocenters. The van der Waals surface area contributed by atoms with Crippen LogP contribution < -0.4 is 0 Å². The van der Waals surface area contributed by atoms with Crippen LogP contribution in [0, 0.1) is 0 Å². The molecule has 0 unspecified atom stereocenters. The summed E-state index contributed by atoms with van der Waals surface area (Å²) in [4.78, 5) is 9.04. The van der Waals surface area contributed by atoms with Crippen LogP contribution in [0.2, 0.25) is 0 Å². The monoisotopic (exact) mass is 362 g/mol. The van der Waals surface area contributed by atoms with Crippen LogP contribution in [0.5, 0.6) is 0 Å². The Kier molecular flexibility index (Phi) is 9.01. The molecule has 2 rings (SSSR count). The summed E-state index contributed by atoms with van der Waals surface area (Å²) in [6.07, 6.45) is 8.98. The van der Waals surface area contributed by atoms with Gasteiger partial charge < -0.3 is 0 Å². The average Bonchev–Trinajstić information content (AvgIpc) is 2.63. The highest BCUT2D eigenvalue weighted by Crippen LogP contribution is 2.22. The molecule has 0 saturated carbocycles. The van der Waals surface area contributed by atoms with E-state index in [1.807, 2.05) is 0 Å². The molecule has 0 aliphatic rings. The predicted molar refractivity (Wildman–Crippen MR) is 118 cm³/mol. The molecule has 0 fully saturated rings. The van der Waals surface area contributed by atoms with Crippen LogP contribution in [0.4, 0.5) is 11.4 Å². The Morgan fingerprint density at radius 1 is 0.519 bits per heavy atom. The lowest BCUT2D eigenvalue weighted by molar-refractivity contribution is 0.895. The summed E-state index contributed by atoms with van der Waals surface area (Å²) in [5.41, 5.74) is 7.37. The lowest BCUT2D eigenvalue weighted by Gasteiger charge is -2.06. The summed E-state index contributed by atoms with van der Waals surface area (Å²) >= 11 is 0. The molecule has 2 nitrogen and oxygen atoms in total. The van der Waals surface area contributed by atoms with Crippen LogP contribution in [0.1, 0.15) is 75.6 Å². The van der Waals surface area contributed by atoms with Gasteiger partial charge in [-0.15, -0.1) is 0 Å². The number of aliphatic imine (C=N–C) groups is 2. The minimum Gasteiger partial charge on any atom is -0.188 e. The first-order valence-corrected chi connectivity index (χ1v) is 10.6. The standard InChI is InChI=1S/C25H34N2/c1-5-9-20-13-21(10-6-2)16-24(15-20)26-19-27-25-17-22(11-7-3)14-23(18-25)12-8-4/h13-18H,5-12H2,1-4H3. The van der Waals surface area contributed by atoms with Gasteiger partial charge in [0.05, 0.1) is 11.4 Å². The fraction of sp³-hybridized carbons (Fsp3) is 0.480. The van der Waals surface area contributed by atoms with Crippen molar-refractivity contribution in [3.63, 3.8) is 0 Å². The quantitative estimate of drug-likeness (QED) is 0.388. The van der Waals surface area contributed by atoms with E-state index in [4.69, 9.17) is 0 Å². The maximum atomic E-state index is 4.52. The zero-order chi connectivity index (χ0) is 19.5. The molecule has 0 radical (unpaired) electrons. The fourth-order valence-corrected chi connectivity index (χ4v) is 3.49. The van der Waals surface area contributed by atoms with Crippen molar-refractivity contribution in [2.45, 2.75) is 79.1 Å². The maximum Gasteiger partial charge on any atom is 0.100 e. The van der Waals surface area contributed by atoms with Crippen LogP contribution in [0.25, 0.3) is 0 Å². The second-order valence-electron chi connectivity index (χ2n) is 7.34. The zero-order valence-electron chi connectivity index (χ0n) is 17.5. The summed E-state index contributed by atoms with van der Waals surface area (Å²) in [6, 6.07) is 16.2.